The van der Waals surface area contributed by atoms with Gasteiger partial charge in [0.15, 0.2) is 17.5 Å². The lowest BCUT2D eigenvalue weighted by molar-refractivity contribution is 0.172. The van der Waals surface area contributed by atoms with Gasteiger partial charge in [0.2, 0.25) is 5.75 Å². The number of piperazine rings is 1. The molecule has 1 heterocycles. The molecule has 0 atom stereocenters. The molecule has 0 spiro atoms. The predicted octanol–water partition coefficient (Wildman–Crippen LogP) is 2.43. The Kier molecular flexibility index (Phi) is 10.6. The van der Waals surface area contributed by atoms with Crippen molar-refractivity contribution in [3.05, 3.63) is 17.7 Å². The lowest BCUT2D eigenvalue weighted by Crippen LogP contribution is -2.52. The molecule has 1 aromatic carbocycles. The van der Waals surface area contributed by atoms with Gasteiger partial charge in [0, 0.05) is 46.3 Å². The minimum Gasteiger partial charge on any atom is -0.493 e. The van der Waals surface area contributed by atoms with Gasteiger partial charge in [-0.15, -0.1) is 24.0 Å². The number of nitrogens with zero attached hydrogens (tertiary/aromatic N) is 3. The molecule has 7 nitrogen and oxygen atoms in total. The summed E-state index contributed by atoms with van der Waals surface area (Å²) in [6.07, 6.45) is 1.10. The molecule has 1 aliphatic rings. The number of guanidine groups is 1. The van der Waals surface area contributed by atoms with Crippen molar-refractivity contribution < 1.29 is 14.2 Å². The van der Waals surface area contributed by atoms with Crippen molar-refractivity contribution in [1.82, 2.24) is 15.1 Å². The molecule has 0 aliphatic carbocycles. The lowest BCUT2D eigenvalue weighted by atomic mass is 10.1. The van der Waals surface area contributed by atoms with Crippen molar-refractivity contribution >= 4 is 29.9 Å². The fraction of sp³-hybridized carbons (Fsp3) is 0.632. The molecule has 0 radical (unpaired) electrons. The summed E-state index contributed by atoms with van der Waals surface area (Å²) in [6.45, 7) is 7.88. The van der Waals surface area contributed by atoms with E-state index in [4.69, 9.17) is 14.2 Å². The monoisotopic (exact) mass is 492 g/mol. The molecular weight excluding hydrogens is 459 g/mol. The Hall–Kier alpha value is -1.42. The Labute approximate surface area is 180 Å². The molecule has 154 valence electrons. The second-order valence-electron chi connectivity index (χ2n) is 6.27. The van der Waals surface area contributed by atoms with Crippen molar-refractivity contribution in [2.24, 2.45) is 4.99 Å². The SMILES string of the molecule is CCCNC(=NC)N1CCN(Cc2cc(OC)c(OC)c(OC)c2)CC1.I. The highest BCUT2D eigenvalue weighted by molar-refractivity contribution is 14.0. The van der Waals surface area contributed by atoms with Crippen LogP contribution < -0.4 is 19.5 Å². The molecule has 0 amide bonds. The molecule has 2 rings (SSSR count). The standard InChI is InChI=1S/C19H32N4O3.HI/c1-6-7-21-19(20-2)23-10-8-22(9-11-23)14-15-12-16(24-3)18(26-5)17(13-15)25-4;/h12-13H,6-11,14H2,1-5H3,(H,20,21);1H. The first-order valence-corrected chi connectivity index (χ1v) is 9.13. The molecule has 0 bridgehead atoms. The second kappa shape index (κ2) is 12.1. The Bertz CT molecular complexity index is 580. The van der Waals surface area contributed by atoms with E-state index >= 15 is 0 Å². The lowest BCUT2D eigenvalue weighted by Gasteiger charge is -2.36. The fourth-order valence-corrected chi connectivity index (χ4v) is 3.17. The summed E-state index contributed by atoms with van der Waals surface area (Å²) >= 11 is 0. The third-order valence-electron chi connectivity index (χ3n) is 4.55. The van der Waals surface area contributed by atoms with Gasteiger partial charge in [0.1, 0.15) is 0 Å². The van der Waals surface area contributed by atoms with E-state index in [1.165, 1.54) is 0 Å². The smallest absolute Gasteiger partial charge is 0.203 e. The van der Waals surface area contributed by atoms with Gasteiger partial charge in [-0.3, -0.25) is 9.89 Å². The Balaban J connectivity index is 0.00000364. The fourth-order valence-electron chi connectivity index (χ4n) is 3.17. The Morgan fingerprint density at radius 2 is 1.63 bits per heavy atom. The van der Waals surface area contributed by atoms with E-state index in [9.17, 15) is 0 Å². The van der Waals surface area contributed by atoms with Crippen LogP contribution in [0.1, 0.15) is 18.9 Å². The quantitative estimate of drug-likeness (QED) is 0.359. The molecule has 27 heavy (non-hydrogen) atoms. The number of halogens is 1. The normalized spacial score (nSPS) is 15.1. The third-order valence-corrected chi connectivity index (χ3v) is 4.55. The average molecular weight is 492 g/mol. The molecule has 1 aliphatic heterocycles. The van der Waals surface area contributed by atoms with E-state index in [0.717, 1.165) is 57.2 Å². The maximum atomic E-state index is 5.45. The van der Waals surface area contributed by atoms with Gasteiger partial charge in [0.05, 0.1) is 21.3 Å². The summed E-state index contributed by atoms with van der Waals surface area (Å²) in [4.78, 5) is 9.14. The number of benzene rings is 1. The number of methoxy groups -OCH3 is 3. The number of hydrogen-bond acceptors (Lipinski definition) is 5. The first kappa shape index (κ1) is 23.6. The third kappa shape index (κ3) is 6.31. The van der Waals surface area contributed by atoms with Crippen LogP contribution >= 0.6 is 24.0 Å². The number of rotatable bonds is 7. The number of hydrogen-bond donors (Lipinski definition) is 1. The van der Waals surface area contributed by atoms with Gasteiger partial charge in [-0.1, -0.05) is 6.92 Å². The minimum atomic E-state index is 0. The summed E-state index contributed by atoms with van der Waals surface area (Å²) < 4.78 is 16.3. The van der Waals surface area contributed by atoms with Crippen molar-refractivity contribution in [3.63, 3.8) is 0 Å². The van der Waals surface area contributed by atoms with Gasteiger partial charge in [0.25, 0.3) is 0 Å². The first-order chi connectivity index (χ1) is 12.7. The van der Waals surface area contributed by atoms with E-state index in [2.05, 4.69) is 27.0 Å². The van der Waals surface area contributed by atoms with Crippen LogP contribution in [0.4, 0.5) is 0 Å². The van der Waals surface area contributed by atoms with Gasteiger partial charge in [-0.2, -0.15) is 0 Å². The van der Waals surface area contributed by atoms with Crippen LogP contribution in [0.25, 0.3) is 0 Å². The largest absolute Gasteiger partial charge is 0.493 e. The highest BCUT2D eigenvalue weighted by Crippen LogP contribution is 2.38. The minimum absolute atomic E-state index is 0. The van der Waals surface area contributed by atoms with E-state index in [-0.39, 0.29) is 24.0 Å². The molecule has 1 aromatic rings. The van der Waals surface area contributed by atoms with E-state index in [0.29, 0.717) is 17.2 Å². The zero-order valence-electron chi connectivity index (χ0n) is 17.1. The zero-order chi connectivity index (χ0) is 18.9. The van der Waals surface area contributed by atoms with Crippen molar-refractivity contribution in [2.75, 3.05) is 61.1 Å². The average Bonchev–Trinajstić information content (AvgIpc) is 2.68. The van der Waals surface area contributed by atoms with Crippen molar-refractivity contribution in [2.45, 2.75) is 19.9 Å². The van der Waals surface area contributed by atoms with Crippen LogP contribution in [0.3, 0.4) is 0 Å². The van der Waals surface area contributed by atoms with E-state index < -0.39 is 0 Å². The molecule has 0 aromatic heterocycles. The van der Waals surface area contributed by atoms with Gasteiger partial charge in [-0.05, 0) is 24.1 Å². The van der Waals surface area contributed by atoms with Crippen molar-refractivity contribution in [3.8, 4) is 17.2 Å². The van der Waals surface area contributed by atoms with Gasteiger partial charge in [-0.25, -0.2) is 0 Å². The summed E-state index contributed by atoms with van der Waals surface area (Å²) in [5.41, 5.74) is 1.15. The van der Waals surface area contributed by atoms with Gasteiger partial charge < -0.3 is 24.4 Å². The molecule has 1 N–H and O–H groups in total. The summed E-state index contributed by atoms with van der Waals surface area (Å²) in [7, 11) is 6.77. The molecule has 1 fully saturated rings. The summed E-state index contributed by atoms with van der Waals surface area (Å²) in [5.74, 6) is 3.03. The van der Waals surface area contributed by atoms with Crippen LogP contribution in [0.2, 0.25) is 0 Å². The molecule has 8 heteroatoms. The number of nitrogens with one attached hydrogen (secondary N) is 1. The summed E-state index contributed by atoms with van der Waals surface area (Å²) in [5, 5.41) is 3.41. The number of aliphatic imine (C=N–C) groups is 1. The highest BCUT2D eigenvalue weighted by Gasteiger charge is 2.21. The zero-order valence-corrected chi connectivity index (χ0v) is 19.4. The Morgan fingerprint density at radius 3 is 2.07 bits per heavy atom. The summed E-state index contributed by atoms with van der Waals surface area (Å²) in [6, 6.07) is 4.05. The predicted molar refractivity (Wildman–Crippen MR) is 120 cm³/mol. The second-order valence-corrected chi connectivity index (χ2v) is 6.27. The maximum Gasteiger partial charge on any atom is 0.203 e. The van der Waals surface area contributed by atoms with Crippen LogP contribution in [0.15, 0.2) is 17.1 Å². The van der Waals surface area contributed by atoms with E-state index in [1.54, 1.807) is 21.3 Å². The Morgan fingerprint density at radius 1 is 1.04 bits per heavy atom. The topological polar surface area (TPSA) is 58.6 Å². The molecule has 0 unspecified atom stereocenters. The van der Waals surface area contributed by atoms with Crippen molar-refractivity contribution in [1.29, 1.82) is 0 Å². The first-order valence-electron chi connectivity index (χ1n) is 9.13. The van der Waals surface area contributed by atoms with Crippen LogP contribution in [0.5, 0.6) is 17.2 Å². The van der Waals surface area contributed by atoms with E-state index in [1.807, 2.05) is 19.2 Å². The molecule has 0 saturated carbocycles. The molecular formula is C19H33IN4O3. The highest BCUT2D eigenvalue weighted by atomic mass is 127. The number of ether oxygens (including phenoxy) is 3. The maximum absolute atomic E-state index is 5.45. The van der Waals surface area contributed by atoms with Crippen LogP contribution in [-0.4, -0.2) is 76.9 Å². The van der Waals surface area contributed by atoms with Gasteiger partial charge >= 0.3 is 0 Å². The van der Waals surface area contributed by atoms with Crippen LogP contribution in [0, 0.1) is 0 Å². The van der Waals surface area contributed by atoms with Crippen LogP contribution in [-0.2, 0) is 6.54 Å². The molecule has 1 saturated heterocycles.